The highest BCUT2D eigenvalue weighted by Gasteiger charge is 2.40. The predicted molar refractivity (Wildman–Crippen MR) is 60.5 cm³/mol. The van der Waals surface area contributed by atoms with Gasteiger partial charge in [-0.05, 0) is 44.2 Å². The van der Waals surface area contributed by atoms with Crippen LogP contribution in [0.5, 0.6) is 0 Å². The minimum atomic E-state index is 0.371. The smallest absolute Gasteiger partial charge is 0.0600 e. The Morgan fingerprint density at radius 3 is 2.86 bits per heavy atom. The molecule has 0 aromatic carbocycles. The molecule has 3 atom stereocenters. The lowest BCUT2D eigenvalue weighted by Gasteiger charge is -2.45. The monoisotopic (exact) mass is 199 g/mol. The van der Waals surface area contributed by atoms with Crippen LogP contribution in [0.1, 0.15) is 40.0 Å². The number of ether oxygens (including phenoxy) is 1. The van der Waals surface area contributed by atoms with E-state index in [1.807, 2.05) is 7.11 Å². The molecule has 84 valence electrons. The molecule has 1 aliphatic heterocycles. The lowest BCUT2D eigenvalue weighted by atomic mass is 9.67. The molecule has 2 heteroatoms. The molecule has 1 saturated heterocycles. The highest BCUT2D eigenvalue weighted by molar-refractivity contribution is 4.92. The van der Waals surface area contributed by atoms with E-state index in [1.165, 1.54) is 19.3 Å². The average molecular weight is 199 g/mol. The van der Waals surface area contributed by atoms with Gasteiger partial charge in [0.2, 0.25) is 0 Å². The van der Waals surface area contributed by atoms with E-state index in [-0.39, 0.29) is 0 Å². The van der Waals surface area contributed by atoms with Crippen molar-refractivity contribution < 1.29 is 4.74 Å². The van der Waals surface area contributed by atoms with Crippen LogP contribution >= 0.6 is 0 Å². The third-order valence-corrected chi connectivity index (χ3v) is 4.08. The van der Waals surface area contributed by atoms with Crippen molar-refractivity contribution in [1.82, 2.24) is 5.32 Å². The van der Waals surface area contributed by atoms with E-state index in [0.29, 0.717) is 11.5 Å². The third kappa shape index (κ3) is 2.29. The molecule has 1 heterocycles. The van der Waals surface area contributed by atoms with E-state index in [9.17, 15) is 0 Å². The van der Waals surface area contributed by atoms with Crippen molar-refractivity contribution in [2.75, 3.05) is 20.2 Å². The van der Waals surface area contributed by atoms with Crippen molar-refractivity contribution in [3.63, 3.8) is 0 Å². The standard InChI is InChI=1S/C12H25NO/c1-5-6-11-9-13-8-7-12(11,3)10(2)14-4/h10-11,13H,5-9H2,1-4H3. The number of rotatable bonds is 4. The topological polar surface area (TPSA) is 21.3 Å². The first-order valence-corrected chi connectivity index (χ1v) is 5.88. The molecule has 1 aliphatic rings. The molecule has 1 rings (SSSR count). The van der Waals surface area contributed by atoms with E-state index >= 15 is 0 Å². The summed E-state index contributed by atoms with van der Waals surface area (Å²) in [7, 11) is 1.83. The van der Waals surface area contributed by atoms with Gasteiger partial charge < -0.3 is 10.1 Å². The number of nitrogens with one attached hydrogen (secondary N) is 1. The first-order valence-electron chi connectivity index (χ1n) is 5.88. The molecule has 1 fully saturated rings. The maximum absolute atomic E-state index is 5.54. The summed E-state index contributed by atoms with van der Waals surface area (Å²) in [6.45, 7) is 9.19. The zero-order chi connectivity index (χ0) is 10.6. The summed E-state index contributed by atoms with van der Waals surface area (Å²) in [4.78, 5) is 0. The maximum Gasteiger partial charge on any atom is 0.0600 e. The second-order valence-corrected chi connectivity index (χ2v) is 4.82. The highest BCUT2D eigenvalue weighted by Crippen LogP contribution is 2.40. The van der Waals surface area contributed by atoms with Gasteiger partial charge in [0.15, 0.2) is 0 Å². The van der Waals surface area contributed by atoms with E-state index in [4.69, 9.17) is 4.74 Å². The summed E-state index contributed by atoms with van der Waals surface area (Å²) in [5.41, 5.74) is 0.371. The van der Waals surface area contributed by atoms with Crippen molar-refractivity contribution in [2.45, 2.75) is 46.1 Å². The molecule has 0 saturated carbocycles. The molecule has 2 nitrogen and oxygen atoms in total. The summed E-state index contributed by atoms with van der Waals surface area (Å²) in [5, 5.41) is 3.50. The van der Waals surface area contributed by atoms with Gasteiger partial charge in [-0.25, -0.2) is 0 Å². The van der Waals surface area contributed by atoms with Crippen molar-refractivity contribution in [1.29, 1.82) is 0 Å². The fourth-order valence-electron chi connectivity index (χ4n) is 2.66. The Balaban J connectivity index is 2.68. The molecule has 14 heavy (non-hydrogen) atoms. The summed E-state index contributed by atoms with van der Waals surface area (Å²) >= 11 is 0. The Kier molecular flexibility index (Phi) is 4.39. The molecule has 0 bridgehead atoms. The fraction of sp³-hybridized carbons (Fsp3) is 1.00. The molecule has 0 aromatic heterocycles. The van der Waals surface area contributed by atoms with Crippen LogP contribution in [0, 0.1) is 11.3 Å². The molecule has 0 aromatic rings. The molecule has 1 N–H and O–H groups in total. The predicted octanol–water partition coefficient (Wildman–Crippen LogP) is 2.44. The largest absolute Gasteiger partial charge is 0.381 e. The summed E-state index contributed by atoms with van der Waals surface area (Å²) in [6.07, 6.45) is 4.21. The third-order valence-electron chi connectivity index (χ3n) is 4.08. The van der Waals surface area contributed by atoms with Crippen LogP contribution in [0.15, 0.2) is 0 Å². The van der Waals surface area contributed by atoms with E-state index in [1.54, 1.807) is 0 Å². The van der Waals surface area contributed by atoms with Gasteiger partial charge in [0, 0.05) is 7.11 Å². The quantitative estimate of drug-likeness (QED) is 0.751. The molecular weight excluding hydrogens is 174 g/mol. The highest BCUT2D eigenvalue weighted by atomic mass is 16.5. The van der Waals surface area contributed by atoms with E-state index in [2.05, 4.69) is 26.1 Å². The molecule has 3 unspecified atom stereocenters. The van der Waals surface area contributed by atoms with Crippen molar-refractivity contribution in [2.24, 2.45) is 11.3 Å². The average Bonchev–Trinajstić information content (AvgIpc) is 2.20. The van der Waals surface area contributed by atoms with Gasteiger partial charge >= 0.3 is 0 Å². The SMILES string of the molecule is CCCC1CNCCC1(C)C(C)OC. The molecular formula is C12H25NO. The lowest BCUT2D eigenvalue weighted by Crippen LogP contribution is -2.49. The van der Waals surface area contributed by atoms with Crippen LogP contribution in [0.2, 0.25) is 0 Å². The van der Waals surface area contributed by atoms with Gasteiger partial charge in [0.25, 0.3) is 0 Å². The molecule has 0 spiro atoms. The Hall–Kier alpha value is -0.0800. The maximum atomic E-state index is 5.54. The van der Waals surface area contributed by atoms with Crippen LogP contribution in [-0.2, 0) is 4.74 Å². The van der Waals surface area contributed by atoms with Gasteiger partial charge in [-0.3, -0.25) is 0 Å². The first-order chi connectivity index (χ1) is 6.65. The second kappa shape index (κ2) is 5.13. The zero-order valence-electron chi connectivity index (χ0n) is 10.1. The number of methoxy groups -OCH3 is 1. The van der Waals surface area contributed by atoms with Crippen LogP contribution in [0.25, 0.3) is 0 Å². The molecule has 0 radical (unpaired) electrons. The first kappa shape index (κ1) is 12.0. The second-order valence-electron chi connectivity index (χ2n) is 4.82. The minimum Gasteiger partial charge on any atom is -0.381 e. The van der Waals surface area contributed by atoms with Crippen molar-refractivity contribution in [3.05, 3.63) is 0 Å². The minimum absolute atomic E-state index is 0.371. The van der Waals surface area contributed by atoms with E-state index in [0.717, 1.165) is 19.0 Å². The molecule has 0 amide bonds. The summed E-state index contributed by atoms with van der Waals surface area (Å²) in [6, 6.07) is 0. The van der Waals surface area contributed by atoms with Crippen LogP contribution in [-0.4, -0.2) is 26.3 Å². The number of hydrogen-bond donors (Lipinski definition) is 1. The van der Waals surface area contributed by atoms with Crippen LogP contribution in [0.3, 0.4) is 0 Å². The van der Waals surface area contributed by atoms with E-state index < -0.39 is 0 Å². The Labute approximate surface area is 88.4 Å². The molecule has 0 aliphatic carbocycles. The van der Waals surface area contributed by atoms with Crippen molar-refractivity contribution >= 4 is 0 Å². The fourth-order valence-corrected chi connectivity index (χ4v) is 2.66. The summed E-state index contributed by atoms with van der Waals surface area (Å²) < 4.78 is 5.54. The zero-order valence-corrected chi connectivity index (χ0v) is 10.1. The Morgan fingerprint density at radius 1 is 1.57 bits per heavy atom. The van der Waals surface area contributed by atoms with Crippen molar-refractivity contribution in [3.8, 4) is 0 Å². The van der Waals surface area contributed by atoms with Gasteiger partial charge in [0.1, 0.15) is 0 Å². The van der Waals surface area contributed by atoms with Gasteiger partial charge in [-0.2, -0.15) is 0 Å². The Bertz CT molecular complexity index is 170. The lowest BCUT2D eigenvalue weighted by molar-refractivity contribution is -0.0448. The Morgan fingerprint density at radius 2 is 2.29 bits per heavy atom. The van der Waals surface area contributed by atoms with Gasteiger partial charge in [0.05, 0.1) is 6.10 Å². The van der Waals surface area contributed by atoms with Gasteiger partial charge in [-0.15, -0.1) is 0 Å². The normalized spacial score (nSPS) is 35.6. The van der Waals surface area contributed by atoms with Crippen LogP contribution in [0.4, 0.5) is 0 Å². The number of hydrogen-bond acceptors (Lipinski definition) is 2. The summed E-state index contributed by atoms with van der Waals surface area (Å²) in [5.74, 6) is 0.774. The van der Waals surface area contributed by atoms with Crippen LogP contribution < -0.4 is 5.32 Å². The van der Waals surface area contributed by atoms with Gasteiger partial charge in [-0.1, -0.05) is 20.3 Å². The number of piperidine rings is 1.